The number of hydrogen-bond donors (Lipinski definition) is 1. The second kappa shape index (κ2) is 4.58. The summed E-state index contributed by atoms with van der Waals surface area (Å²) in [5, 5.41) is 4.16. The van der Waals surface area contributed by atoms with Gasteiger partial charge < -0.3 is 10.1 Å². The minimum absolute atomic E-state index is 0.211. The highest BCUT2D eigenvalue weighted by molar-refractivity contribution is 7.22. The third-order valence-corrected chi connectivity index (χ3v) is 3.89. The van der Waals surface area contributed by atoms with Crippen LogP contribution in [0.15, 0.2) is 18.2 Å². The van der Waals surface area contributed by atoms with E-state index in [1.807, 2.05) is 0 Å². The van der Waals surface area contributed by atoms with Gasteiger partial charge in [0, 0.05) is 19.1 Å². The van der Waals surface area contributed by atoms with Crippen LogP contribution in [0.2, 0.25) is 0 Å². The van der Waals surface area contributed by atoms with Crippen LogP contribution in [-0.4, -0.2) is 24.7 Å². The number of nitrogens with one attached hydrogen (secondary N) is 1. The van der Waals surface area contributed by atoms with E-state index in [0.29, 0.717) is 5.92 Å². The fourth-order valence-electron chi connectivity index (χ4n) is 1.95. The molecule has 0 saturated carbocycles. The van der Waals surface area contributed by atoms with Gasteiger partial charge in [0.1, 0.15) is 5.82 Å². The summed E-state index contributed by atoms with van der Waals surface area (Å²) >= 11 is 1.49. The number of aromatic nitrogens is 1. The molecule has 1 aliphatic heterocycles. The van der Waals surface area contributed by atoms with Crippen molar-refractivity contribution in [2.45, 2.75) is 6.42 Å². The van der Waals surface area contributed by atoms with E-state index in [0.717, 1.165) is 41.5 Å². The SMILES string of the molecule is Fc1ccc2nc(NCC3CCOC3)sc2c1. The number of benzene rings is 1. The second-order valence-electron chi connectivity index (χ2n) is 4.24. The molecule has 0 radical (unpaired) electrons. The molecule has 0 bridgehead atoms. The lowest BCUT2D eigenvalue weighted by molar-refractivity contribution is 0.187. The van der Waals surface area contributed by atoms with Crippen LogP contribution in [0.1, 0.15) is 6.42 Å². The first-order valence-electron chi connectivity index (χ1n) is 5.69. The van der Waals surface area contributed by atoms with E-state index in [1.165, 1.54) is 23.5 Å². The van der Waals surface area contributed by atoms with Gasteiger partial charge in [-0.25, -0.2) is 9.37 Å². The highest BCUT2D eigenvalue weighted by Crippen LogP contribution is 2.27. The first kappa shape index (κ1) is 10.9. The van der Waals surface area contributed by atoms with Gasteiger partial charge in [0.2, 0.25) is 0 Å². The Bertz CT molecular complexity index is 522. The lowest BCUT2D eigenvalue weighted by atomic mass is 10.1. The summed E-state index contributed by atoms with van der Waals surface area (Å²) in [6, 6.07) is 4.68. The molecule has 1 unspecified atom stereocenters. The fraction of sp³-hybridized carbons (Fsp3) is 0.417. The molecule has 3 rings (SSSR count). The molecule has 1 fully saturated rings. The summed E-state index contributed by atoms with van der Waals surface area (Å²) in [5.74, 6) is 0.357. The molecular formula is C12H13FN2OS. The molecule has 1 aliphatic rings. The van der Waals surface area contributed by atoms with Gasteiger partial charge in [-0.1, -0.05) is 11.3 Å². The number of halogens is 1. The highest BCUT2D eigenvalue weighted by atomic mass is 32.1. The molecule has 2 aromatic rings. The Balaban J connectivity index is 1.72. The minimum atomic E-state index is -0.211. The van der Waals surface area contributed by atoms with Crippen LogP contribution in [0.3, 0.4) is 0 Å². The Morgan fingerprint density at radius 2 is 2.47 bits per heavy atom. The molecule has 1 saturated heterocycles. The summed E-state index contributed by atoms with van der Waals surface area (Å²) in [6.07, 6.45) is 1.10. The average Bonchev–Trinajstić information content (AvgIpc) is 2.94. The van der Waals surface area contributed by atoms with E-state index in [2.05, 4.69) is 10.3 Å². The van der Waals surface area contributed by atoms with Crippen LogP contribution in [0.4, 0.5) is 9.52 Å². The van der Waals surface area contributed by atoms with Crippen LogP contribution < -0.4 is 5.32 Å². The van der Waals surface area contributed by atoms with Crippen LogP contribution in [-0.2, 0) is 4.74 Å². The summed E-state index contributed by atoms with van der Waals surface area (Å²) in [6.45, 7) is 2.56. The molecule has 17 heavy (non-hydrogen) atoms. The van der Waals surface area contributed by atoms with E-state index in [9.17, 15) is 4.39 Å². The monoisotopic (exact) mass is 252 g/mol. The number of thiazole rings is 1. The van der Waals surface area contributed by atoms with Crippen LogP contribution in [0, 0.1) is 11.7 Å². The number of hydrogen-bond acceptors (Lipinski definition) is 4. The van der Waals surface area contributed by atoms with Gasteiger partial charge >= 0.3 is 0 Å². The molecule has 2 heterocycles. The van der Waals surface area contributed by atoms with Crippen molar-refractivity contribution >= 4 is 26.7 Å². The van der Waals surface area contributed by atoms with E-state index in [-0.39, 0.29) is 5.82 Å². The number of ether oxygens (including phenoxy) is 1. The first-order valence-corrected chi connectivity index (χ1v) is 6.50. The molecule has 1 aromatic carbocycles. The van der Waals surface area contributed by atoms with Crippen molar-refractivity contribution < 1.29 is 9.13 Å². The number of anilines is 1. The van der Waals surface area contributed by atoms with Crippen molar-refractivity contribution in [3.63, 3.8) is 0 Å². The zero-order valence-corrected chi connectivity index (χ0v) is 10.1. The normalized spacial score (nSPS) is 19.9. The van der Waals surface area contributed by atoms with Gasteiger partial charge in [-0.15, -0.1) is 0 Å². The van der Waals surface area contributed by atoms with E-state index in [4.69, 9.17) is 4.74 Å². The van der Waals surface area contributed by atoms with Gasteiger partial charge in [-0.3, -0.25) is 0 Å². The molecular weight excluding hydrogens is 239 g/mol. The number of fused-ring (bicyclic) bond motifs is 1. The molecule has 0 amide bonds. The maximum atomic E-state index is 13.0. The quantitative estimate of drug-likeness (QED) is 0.912. The van der Waals surface area contributed by atoms with E-state index in [1.54, 1.807) is 6.07 Å². The van der Waals surface area contributed by atoms with Crippen molar-refractivity contribution in [2.75, 3.05) is 25.1 Å². The summed E-state index contributed by atoms with van der Waals surface area (Å²) in [4.78, 5) is 4.41. The Morgan fingerprint density at radius 1 is 1.53 bits per heavy atom. The van der Waals surface area contributed by atoms with Crippen molar-refractivity contribution in [3.8, 4) is 0 Å². The predicted molar refractivity (Wildman–Crippen MR) is 67.0 cm³/mol. The predicted octanol–water partition coefficient (Wildman–Crippen LogP) is 2.88. The van der Waals surface area contributed by atoms with Crippen molar-refractivity contribution in [1.82, 2.24) is 4.98 Å². The van der Waals surface area contributed by atoms with Gasteiger partial charge in [0.25, 0.3) is 0 Å². The molecule has 0 aliphatic carbocycles. The molecule has 1 N–H and O–H groups in total. The van der Waals surface area contributed by atoms with Gasteiger partial charge in [-0.2, -0.15) is 0 Å². The van der Waals surface area contributed by atoms with Crippen molar-refractivity contribution in [2.24, 2.45) is 5.92 Å². The molecule has 0 spiro atoms. The average molecular weight is 252 g/mol. The zero-order valence-electron chi connectivity index (χ0n) is 9.28. The highest BCUT2D eigenvalue weighted by Gasteiger charge is 2.15. The van der Waals surface area contributed by atoms with E-state index < -0.39 is 0 Å². The maximum absolute atomic E-state index is 13.0. The van der Waals surface area contributed by atoms with Crippen molar-refractivity contribution in [1.29, 1.82) is 0 Å². The Morgan fingerprint density at radius 3 is 3.29 bits per heavy atom. The van der Waals surface area contributed by atoms with Gasteiger partial charge in [-0.05, 0) is 24.6 Å². The summed E-state index contributed by atoms with van der Waals surface area (Å²) < 4.78 is 19.2. The molecule has 90 valence electrons. The molecule has 1 aromatic heterocycles. The molecule has 1 atom stereocenters. The van der Waals surface area contributed by atoms with Crippen LogP contribution in [0.25, 0.3) is 10.2 Å². The Hall–Kier alpha value is -1.20. The largest absolute Gasteiger partial charge is 0.381 e. The standard InChI is InChI=1S/C12H13FN2OS/c13-9-1-2-10-11(5-9)17-12(15-10)14-6-8-3-4-16-7-8/h1-2,5,8H,3-4,6-7H2,(H,14,15). The van der Waals surface area contributed by atoms with Crippen LogP contribution >= 0.6 is 11.3 Å². The lowest BCUT2D eigenvalue weighted by Gasteiger charge is -2.07. The van der Waals surface area contributed by atoms with Crippen LogP contribution in [0.5, 0.6) is 0 Å². The molecule has 3 nitrogen and oxygen atoms in total. The van der Waals surface area contributed by atoms with Gasteiger partial charge in [0.05, 0.1) is 16.8 Å². The molecule has 5 heteroatoms. The summed E-state index contributed by atoms with van der Waals surface area (Å²) in [5.41, 5.74) is 0.849. The lowest BCUT2D eigenvalue weighted by Crippen LogP contribution is -2.13. The Labute approximate surface area is 103 Å². The van der Waals surface area contributed by atoms with Crippen molar-refractivity contribution in [3.05, 3.63) is 24.0 Å². The number of rotatable bonds is 3. The third kappa shape index (κ3) is 2.40. The topological polar surface area (TPSA) is 34.2 Å². The van der Waals surface area contributed by atoms with E-state index >= 15 is 0 Å². The second-order valence-corrected chi connectivity index (χ2v) is 5.27. The third-order valence-electron chi connectivity index (χ3n) is 2.92. The minimum Gasteiger partial charge on any atom is -0.381 e. The number of nitrogens with zero attached hydrogens (tertiary/aromatic N) is 1. The first-order chi connectivity index (χ1) is 8.31. The smallest absolute Gasteiger partial charge is 0.183 e. The maximum Gasteiger partial charge on any atom is 0.183 e. The fourth-order valence-corrected chi connectivity index (χ4v) is 2.85. The van der Waals surface area contributed by atoms with Gasteiger partial charge in [0.15, 0.2) is 5.13 Å². The summed E-state index contributed by atoms with van der Waals surface area (Å²) in [7, 11) is 0. The zero-order chi connectivity index (χ0) is 11.7. The Kier molecular flexibility index (Phi) is 2.94.